The average molecular weight is 323 g/mol. The number of carbonyl (C=O) groups excluding carboxylic acids is 2. The van der Waals surface area contributed by atoms with Gasteiger partial charge in [0.2, 0.25) is 5.91 Å². The number of ketones is 1. The fraction of sp³-hybridized carbons (Fsp3) is 0.118. The molecule has 0 aliphatic heterocycles. The van der Waals surface area contributed by atoms with Crippen molar-refractivity contribution in [3.63, 3.8) is 0 Å². The van der Waals surface area contributed by atoms with E-state index in [1.807, 2.05) is 30.5 Å². The number of carbonyl (C=O) groups is 2. The Labute approximate surface area is 136 Å². The third kappa shape index (κ3) is 2.03. The molecule has 5 nitrogen and oxygen atoms in total. The number of benzene rings is 1. The van der Waals surface area contributed by atoms with Crippen LogP contribution in [0.3, 0.4) is 0 Å². The maximum absolute atomic E-state index is 12.9. The van der Waals surface area contributed by atoms with Crippen LogP contribution < -0.4 is 5.32 Å². The predicted molar refractivity (Wildman–Crippen MR) is 89.8 cm³/mol. The van der Waals surface area contributed by atoms with E-state index in [1.54, 1.807) is 17.4 Å². The van der Waals surface area contributed by atoms with Crippen molar-refractivity contribution in [1.29, 1.82) is 0 Å². The van der Waals surface area contributed by atoms with Crippen LogP contribution in [0, 0.1) is 6.92 Å². The quantitative estimate of drug-likeness (QED) is 0.591. The Morgan fingerprint density at radius 1 is 1.30 bits per heavy atom. The van der Waals surface area contributed by atoms with E-state index >= 15 is 0 Å². The number of rotatable bonds is 2. The molecule has 23 heavy (non-hydrogen) atoms. The van der Waals surface area contributed by atoms with Gasteiger partial charge >= 0.3 is 0 Å². The smallest absolute Gasteiger partial charge is 0.221 e. The summed E-state index contributed by atoms with van der Waals surface area (Å²) in [5, 5.41) is 12.1. The fourth-order valence-corrected chi connectivity index (χ4v) is 3.81. The van der Waals surface area contributed by atoms with E-state index < -0.39 is 0 Å². The highest BCUT2D eigenvalue weighted by Gasteiger charge is 2.35. The number of aromatic nitrogens is 2. The lowest BCUT2D eigenvalue weighted by atomic mass is 10.1. The number of fused-ring (bicyclic) bond motifs is 3. The summed E-state index contributed by atoms with van der Waals surface area (Å²) in [7, 11) is 0. The van der Waals surface area contributed by atoms with Gasteiger partial charge in [0.25, 0.3) is 0 Å². The van der Waals surface area contributed by atoms with E-state index in [9.17, 15) is 9.59 Å². The normalized spacial score (nSPS) is 12.2. The zero-order valence-corrected chi connectivity index (χ0v) is 13.4. The molecule has 1 aliphatic rings. The first-order valence-corrected chi connectivity index (χ1v) is 8.03. The van der Waals surface area contributed by atoms with E-state index in [2.05, 4.69) is 15.5 Å². The number of amides is 1. The summed E-state index contributed by atoms with van der Waals surface area (Å²) in [6.07, 6.45) is 0. The Hall–Kier alpha value is -2.73. The van der Waals surface area contributed by atoms with Crippen LogP contribution in [0.5, 0.6) is 0 Å². The molecule has 2 aromatic heterocycles. The van der Waals surface area contributed by atoms with Gasteiger partial charge < -0.3 is 5.32 Å². The molecule has 6 heteroatoms. The van der Waals surface area contributed by atoms with Crippen molar-refractivity contribution in [3.05, 3.63) is 46.3 Å². The van der Waals surface area contributed by atoms with Gasteiger partial charge in [-0.15, -0.1) is 11.3 Å². The highest BCUT2D eigenvalue weighted by Crippen LogP contribution is 2.43. The van der Waals surface area contributed by atoms with Crippen LogP contribution in [0.1, 0.15) is 28.4 Å². The molecular weight excluding hydrogens is 310 g/mol. The first-order chi connectivity index (χ1) is 11.1. The maximum atomic E-state index is 12.9. The van der Waals surface area contributed by atoms with Crippen molar-refractivity contribution in [3.8, 4) is 21.8 Å². The van der Waals surface area contributed by atoms with Gasteiger partial charge in [0.1, 0.15) is 5.69 Å². The molecule has 2 N–H and O–H groups in total. The fourth-order valence-electron chi connectivity index (χ4n) is 2.91. The lowest BCUT2D eigenvalue weighted by Crippen LogP contribution is -2.10. The second-order valence-corrected chi connectivity index (χ2v) is 6.46. The van der Waals surface area contributed by atoms with Crippen LogP contribution in [-0.4, -0.2) is 21.9 Å². The number of thiophene rings is 1. The SMILES string of the molecule is CC(=O)Nc1cccc2c1C(=O)c1c-2n[nH]c1-c1cc(C)cs1. The molecular formula is C17H13N3O2S. The number of aromatic amines is 1. The van der Waals surface area contributed by atoms with Crippen molar-refractivity contribution >= 4 is 28.7 Å². The molecule has 0 bridgehead atoms. The van der Waals surface area contributed by atoms with Crippen molar-refractivity contribution < 1.29 is 9.59 Å². The first kappa shape index (κ1) is 13.9. The minimum atomic E-state index is -0.202. The summed E-state index contributed by atoms with van der Waals surface area (Å²) in [5.41, 5.74) is 4.93. The van der Waals surface area contributed by atoms with E-state index in [-0.39, 0.29) is 11.7 Å². The highest BCUT2D eigenvalue weighted by atomic mass is 32.1. The number of nitrogens with one attached hydrogen (secondary N) is 2. The molecule has 0 unspecified atom stereocenters. The molecule has 0 saturated heterocycles. The summed E-state index contributed by atoms with van der Waals surface area (Å²) < 4.78 is 0. The minimum absolute atomic E-state index is 0.103. The molecule has 114 valence electrons. The summed E-state index contributed by atoms with van der Waals surface area (Å²) in [6, 6.07) is 7.44. The number of hydrogen-bond acceptors (Lipinski definition) is 4. The van der Waals surface area contributed by atoms with E-state index in [4.69, 9.17) is 0 Å². The third-order valence-corrected chi connectivity index (χ3v) is 4.89. The molecule has 2 heterocycles. The van der Waals surface area contributed by atoms with Crippen LogP contribution in [0.15, 0.2) is 29.6 Å². The lowest BCUT2D eigenvalue weighted by Gasteiger charge is -2.07. The zero-order chi connectivity index (χ0) is 16.1. The molecule has 0 fully saturated rings. The van der Waals surface area contributed by atoms with Gasteiger partial charge in [-0.1, -0.05) is 12.1 Å². The summed E-state index contributed by atoms with van der Waals surface area (Å²) >= 11 is 1.58. The Bertz CT molecular complexity index is 968. The molecule has 0 saturated carbocycles. The number of aryl methyl sites for hydroxylation is 1. The van der Waals surface area contributed by atoms with E-state index in [0.29, 0.717) is 22.5 Å². The molecule has 0 spiro atoms. The van der Waals surface area contributed by atoms with Crippen LogP contribution in [0.4, 0.5) is 5.69 Å². The second-order valence-electron chi connectivity index (χ2n) is 5.55. The predicted octanol–water partition coefficient (Wildman–Crippen LogP) is 3.62. The number of hydrogen-bond donors (Lipinski definition) is 2. The molecule has 3 aromatic rings. The number of H-pyrrole nitrogens is 1. The van der Waals surface area contributed by atoms with Gasteiger partial charge in [-0.05, 0) is 30.0 Å². The summed E-state index contributed by atoms with van der Waals surface area (Å²) in [4.78, 5) is 25.3. The topological polar surface area (TPSA) is 74.8 Å². The van der Waals surface area contributed by atoms with E-state index in [0.717, 1.165) is 21.7 Å². The zero-order valence-electron chi connectivity index (χ0n) is 12.6. The Morgan fingerprint density at radius 3 is 2.83 bits per heavy atom. The Balaban J connectivity index is 1.90. The van der Waals surface area contributed by atoms with Gasteiger partial charge in [-0.3, -0.25) is 14.7 Å². The largest absolute Gasteiger partial charge is 0.326 e. The molecule has 4 rings (SSSR count). The highest BCUT2D eigenvalue weighted by molar-refractivity contribution is 7.13. The summed E-state index contributed by atoms with van der Waals surface area (Å²) in [6.45, 7) is 3.44. The van der Waals surface area contributed by atoms with Gasteiger partial charge in [0.15, 0.2) is 5.78 Å². The van der Waals surface area contributed by atoms with Gasteiger partial charge in [0, 0.05) is 12.5 Å². The van der Waals surface area contributed by atoms with Crippen molar-refractivity contribution in [1.82, 2.24) is 10.2 Å². The Kier molecular flexibility index (Phi) is 2.96. The van der Waals surface area contributed by atoms with Crippen LogP contribution in [-0.2, 0) is 4.79 Å². The standard InChI is InChI=1S/C17H13N3O2S/c1-8-6-12(23-7-8)16-14-15(19-20-16)10-4-3-5-11(18-9(2)21)13(10)17(14)22/h3-7H,1-2H3,(H,18,21)(H,19,20). The molecule has 1 aliphatic carbocycles. The van der Waals surface area contributed by atoms with Gasteiger partial charge in [-0.2, -0.15) is 5.10 Å². The van der Waals surface area contributed by atoms with Crippen LogP contribution >= 0.6 is 11.3 Å². The van der Waals surface area contributed by atoms with Gasteiger partial charge in [0.05, 0.1) is 27.4 Å². The van der Waals surface area contributed by atoms with Crippen molar-refractivity contribution in [2.24, 2.45) is 0 Å². The number of nitrogens with zero attached hydrogens (tertiary/aromatic N) is 1. The van der Waals surface area contributed by atoms with Crippen molar-refractivity contribution in [2.75, 3.05) is 5.32 Å². The molecule has 1 aromatic carbocycles. The van der Waals surface area contributed by atoms with Gasteiger partial charge in [-0.25, -0.2) is 0 Å². The lowest BCUT2D eigenvalue weighted by molar-refractivity contribution is -0.114. The number of anilines is 1. The van der Waals surface area contributed by atoms with Crippen LogP contribution in [0.25, 0.3) is 21.8 Å². The Morgan fingerprint density at radius 2 is 2.13 bits per heavy atom. The minimum Gasteiger partial charge on any atom is -0.326 e. The molecule has 0 radical (unpaired) electrons. The molecule has 1 amide bonds. The third-order valence-electron chi connectivity index (χ3n) is 3.83. The maximum Gasteiger partial charge on any atom is 0.221 e. The molecule has 0 atom stereocenters. The van der Waals surface area contributed by atoms with Crippen molar-refractivity contribution in [2.45, 2.75) is 13.8 Å². The van der Waals surface area contributed by atoms with E-state index in [1.165, 1.54) is 6.92 Å². The average Bonchev–Trinajstić information content (AvgIpc) is 3.16. The van der Waals surface area contributed by atoms with Crippen LogP contribution in [0.2, 0.25) is 0 Å². The summed E-state index contributed by atoms with van der Waals surface area (Å²) in [5.74, 6) is -0.305. The first-order valence-electron chi connectivity index (χ1n) is 7.16. The second kappa shape index (κ2) is 4.89. The monoisotopic (exact) mass is 323 g/mol.